The van der Waals surface area contributed by atoms with Gasteiger partial charge in [-0.1, -0.05) is 29.3 Å². The second kappa shape index (κ2) is 4.71. The van der Waals surface area contributed by atoms with Crippen molar-refractivity contribution in [2.45, 2.75) is 19.1 Å². The van der Waals surface area contributed by atoms with Crippen molar-refractivity contribution in [2.75, 3.05) is 13.2 Å². The average molecular weight is 247 g/mol. The van der Waals surface area contributed by atoms with Crippen molar-refractivity contribution >= 4 is 23.2 Å². The molecular weight excluding hydrogens is 235 g/mol. The van der Waals surface area contributed by atoms with E-state index in [1.165, 1.54) is 0 Å². The topological polar surface area (TPSA) is 21.8 Å². The Morgan fingerprint density at radius 1 is 1.53 bits per heavy atom. The van der Waals surface area contributed by atoms with E-state index in [9.17, 15) is 0 Å². The van der Waals surface area contributed by atoms with Crippen LogP contribution in [0.5, 0.6) is 0 Å². The molecule has 0 N–H and O–H groups in total. The summed E-state index contributed by atoms with van der Waals surface area (Å²) in [4.78, 5) is 0. The molecule has 0 saturated carbocycles. The van der Waals surface area contributed by atoms with Crippen LogP contribution in [0.3, 0.4) is 0 Å². The first-order valence-corrected chi connectivity index (χ1v) is 5.60. The molecule has 0 amide bonds. The third kappa shape index (κ3) is 3.08. The highest BCUT2D eigenvalue weighted by atomic mass is 35.5. The van der Waals surface area contributed by atoms with Crippen molar-refractivity contribution in [3.63, 3.8) is 0 Å². The lowest BCUT2D eigenvalue weighted by Gasteiger charge is -2.14. The molecule has 0 aliphatic carbocycles. The molecule has 82 valence electrons. The molecule has 1 saturated heterocycles. The lowest BCUT2D eigenvalue weighted by atomic mass is 10.1. The third-order valence-corrected chi connectivity index (χ3v) is 2.90. The van der Waals surface area contributed by atoms with Crippen LogP contribution in [0.2, 0.25) is 10.0 Å². The van der Waals surface area contributed by atoms with Gasteiger partial charge in [0, 0.05) is 10.0 Å². The summed E-state index contributed by atoms with van der Waals surface area (Å²) in [6, 6.07) is 5.44. The summed E-state index contributed by atoms with van der Waals surface area (Å²) in [5.74, 6) is 0. The minimum atomic E-state index is -0.0287. The Kier molecular flexibility index (Phi) is 3.52. The van der Waals surface area contributed by atoms with Crippen molar-refractivity contribution < 1.29 is 9.47 Å². The number of hydrogen-bond donors (Lipinski definition) is 0. The predicted molar refractivity (Wildman–Crippen MR) is 60.6 cm³/mol. The van der Waals surface area contributed by atoms with Crippen LogP contribution in [0.15, 0.2) is 18.2 Å². The summed E-state index contributed by atoms with van der Waals surface area (Å²) in [5, 5.41) is 1.29. The van der Waals surface area contributed by atoms with Gasteiger partial charge in [0.25, 0.3) is 0 Å². The minimum absolute atomic E-state index is 0.0287. The Hall–Kier alpha value is -0.280. The summed E-state index contributed by atoms with van der Waals surface area (Å²) in [7, 11) is 0. The van der Waals surface area contributed by atoms with Gasteiger partial charge in [-0.25, -0.2) is 0 Å². The van der Waals surface area contributed by atoms with Gasteiger partial charge >= 0.3 is 0 Å². The maximum atomic E-state index is 6.06. The summed E-state index contributed by atoms with van der Waals surface area (Å²) >= 11 is 11.9. The van der Waals surface area contributed by atoms with Crippen LogP contribution >= 0.6 is 23.2 Å². The Morgan fingerprint density at radius 3 is 2.87 bits per heavy atom. The maximum absolute atomic E-state index is 6.06. The third-order valence-electron chi connectivity index (χ3n) is 2.33. The molecule has 2 nitrogen and oxygen atoms in total. The Bertz CT molecular complexity index is 350. The minimum Gasteiger partial charge on any atom is -0.371 e. The zero-order chi connectivity index (χ0) is 10.8. The number of halogens is 2. The second-order valence-electron chi connectivity index (χ2n) is 3.60. The molecule has 1 fully saturated rings. The van der Waals surface area contributed by atoms with Crippen LogP contribution in [-0.4, -0.2) is 19.3 Å². The molecule has 0 bridgehead atoms. The number of epoxide rings is 1. The highest BCUT2D eigenvalue weighted by Gasteiger charge is 2.24. The number of benzene rings is 1. The monoisotopic (exact) mass is 246 g/mol. The average Bonchev–Trinajstić information content (AvgIpc) is 2.97. The normalized spacial score (nSPS) is 21.4. The van der Waals surface area contributed by atoms with Crippen molar-refractivity contribution in [3.05, 3.63) is 33.8 Å². The van der Waals surface area contributed by atoms with Gasteiger partial charge in [0.15, 0.2) is 0 Å². The van der Waals surface area contributed by atoms with Crippen LogP contribution in [0.4, 0.5) is 0 Å². The van der Waals surface area contributed by atoms with Crippen LogP contribution in [0.1, 0.15) is 18.6 Å². The molecule has 2 atom stereocenters. The first-order chi connectivity index (χ1) is 7.16. The fourth-order valence-corrected chi connectivity index (χ4v) is 1.90. The standard InChI is InChI=1S/C11H12Cl2O2/c1-7(14-5-9-6-15-9)10-3-2-8(12)4-11(10)13/h2-4,7,9H,5-6H2,1H3. The lowest BCUT2D eigenvalue weighted by Crippen LogP contribution is -2.06. The van der Waals surface area contributed by atoms with Crippen LogP contribution < -0.4 is 0 Å². The molecule has 0 radical (unpaired) electrons. The molecular formula is C11H12Cl2O2. The molecule has 1 aliphatic rings. The van der Waals surface area contributed by atoms with Crippen molar-refractivity contribution in [3.8, 4) is 0 Å². The summed E-state index contributed by atoms with van der Waals surface area (Å²) in [6.45, 7) is 3.40. The zero-order valence-corrected chi connectivity index (χ0v) is 9.89. The van der Waals surface area contributed by atoms with Gasteiger partial charge in [-0.3, -0.25) is 0 Å². The van der Waals surface area contributed by atoms with Gasteiger partial charge in [0.1, 0.15) is 6.10 Å². The molecule has 2 rings (SSSR count). The van der Waals surface area contributed by atoms with Gasteiger partial charge in [0.2, 0.25) is 0 Å². The van der Waals surface area contributed by atoms with Crippen molar-refractivity contribution in [2.24, 2.45) is 0 Å². The molecule has 0 aromatic heterocycles. The molecule has 1 aromatic carbocycles. The van der Waals surface area contributed by atoms with Gasteiger partial charge in [-0.15, -0.1) is 0 Å². The molecule has 2 unspecified atom stereocenters. The van der Waals surface area contributed by atoms with E-state index >= 15 is 0 Å². The molecule has 1 aliphatic heterocycles. The van der Waals surface area contributed by atoms with E-state index in [4.69, 9.17) is 32.7 Å². The Balaban J connectivity index is 1.99. The number of rotatable bonds is 4. The Morgan fingerprint density at radius 2 is 2.27 bits per heavy atom. The van der Waals surface area contributed by atoms with Gasteiger partial charge in [-0.2, -0.15) is 0 Å². The fraction of sp³-hybridized carbons (Fsp3) is 0.455. The molecule has 1 heterocycles. The summed E-state index contributed by atoms with van der Waals surface area (Å²) in [6.07, 6.45) is 0.248. The van der Waals surface area contributed by atoms with E-state index < -0.39 is 0 Å². The van der Waals surface area contributed by atoms with E-state index in [1.54, 1.807) is 6.07 Å². The quantitative estimate of drug-likeness (QED) is 0.760. The molecule has 1 aromatic rings. The zero-order valence-electron chi connectivity index (χ0n) is 8.37. The molecule has 15 heavy (non-hydrogen) atoms. The van der Waals surface area contributed by atoms with Gasteiger partial charge < -0.3 is 9.47 Å². The van der Waals surface area contributed by atoms with Crippen molar-refractivity contribution in [1.29, 1.82) is 0 Å². The van der Waals surface area contributed by atoms with Gasteiger partial charge in [0.05, 0.1) is 19.3 Å². The predicted octanol–water partition coefficient (Wildman–Crippen LogP) is 3.47. The van der Waals surface area contributed by atoms with Crippen molar-refractivity contribution in [1.82, 2.24) is 0 Å². The van der Waals surface area contributed by atoms with E-state index in [-0.39, 0.29) is 12.2 Å². The summed E-state index contributed by atoms with van der Waals surface area (Å²) in [5.41, 5.74) is 0.960. The second-order valence-corrected chi connectivity index (χ2v) is 4.44. The van der Waals surface area contributed by atoms with Crippen LogP contribution in [0.25, 0.3) is 0 Å². The van der Waals surface area contributed by atoms with Gasteiger partial charge in [-0.05, 0) is 24.6 Å². The highest BCUT2D eigenvalue weighted by molar-refractivity contribution is 6.35. The van der Waals surface area contributed by atoms with Crippen LogP contribution in [0, 0.1) is 0 Å². The first-order valence-electron chi connectivity index (χ1n) is 4.85. The fourth-order valence-electron chi connectivity index (χ4n) is 1.34. The van der Waals surface area contributed by atoms with E-state index in [2.05, 4.69) is 0 Å². The van der Waals surface area contributed by atoms with E-state index in [0.717, 1.165) is 12.2 Å². The number of ether oxygens (including phenoxy) is 2. The summed E-state index contributed by atoms with van der Waals surface area (Å²) < 4.78 is 10.7. The SMILES string of the molecule is CC(OCC1CO1)c1ccc(Cl)cc1Cl. The maximum Gasteiger partial charge on any atom is 0.104 e. The molecule has 0 spiro atoms. The smallest absolute Gasteiger partial charge is 0.104 e. The molecule has 4 heteroatoms. The Labute approximate surface area is 99.1 Å². The lowest BCUT2D eigenvalue weighted by molar-refractivity contribution is 0.0540. The van der Waals surface area contributed by atoms with E-state index in [1.807, 2.05) is 19.1 Å². The number of hydrogen-bond acceptors (Lipinski definition) is 2. The highest BCUT2D eigenvalue weighted by Crippen LogP contribution is 2.28. The first kappa shape index (κ1) is 11.2. The van der Waals surface area contributed by atoms with Crippen LogP contribution in [-0.2, 0) is 9.47 Å². The largest absolute Gasteiger partial charge is 0.371 e. The van der Waals surface area contributed by atoms with E-state index in [0.29, 0.717) is 16.7 Å².